The summed E-state index contributed by atoms with van der Waals surface area (Å²) in [5, 5.41) is 14.1. The standard InChI is InChI=1S/C31H37BrN4O7/c1-36(2)14-12-31(37,22-17-24(38-3)29(42-7)35-28(22)41-6)25(20-11-13-33-30(43-8)26(20)39-4)21-16-18-15-19(32)9-10-23(18)34-27(21)40-5/h9-11,13,15-17,25,37H,12,14H2,1-8H3. The molecule has 11 nitrogen and oxygen atoms in total. The number of halogens is 1. The normalized spacial score (nSPS) is 13.4. The monoisotopic (exact) mass is 656 g/mol. The van der Waals surface area contributed by atoms with Gasteiger partial charge in [-0.05, 0) is 56.9 Å². The van der Waals surface area contributed by atoms with E-state index in [1.807, 2.05) is 43.3 Å². The fraction of sp³-hybridized carbons (Fsp3) is 0.387. The van der Waals surface area contributed by atoms with Crippen LogP contribution >= 0.6 is 15.9 Å². The minimum atomic E-state index is -1.71. The zero-order valence-electron chi connectivity index (χ0n) is 25.6. The van der Waals surface area contributed by atoms with Gasteiger partial charge in [-0.25, -0.2) is 9.97 Å². The van der Waals surface area contributed by atoms with Crippen molar-refractivity contribution in [1.82, 2.24) is 19.9 Å². The molecule has 43 heavy (non-hydrogen) atoms. The summed E-state index contributed by atoms with van der Waals surface area (Å²) in [6.07, 6.45) is 1.84. The van der Waals surface area contributed by atoms with Crippen molar-refractivity contribution >= 4 is 26.8 Å². The number of hydrogen-bond acceptors (Lipinski definition) is 11. The van der Waals surface area contributed by atoms with Crippen LogP contribution in [0.25, 0.3) is 10.9 Å². The maximum absolute atomic E-state index is 13.3. The average molecular weight is 658 g/mol. The first-order chi connectivity index (χ1) is 20.6. The number of benzene rings is 1. The smallest absolute Gasteiger partial charge is 0.260 e. The lowest BCUT2D eigenvalue weighted by Crippen LogP contribution is -2.38. The molecular formula is C31H37BrN4O7. The Labute approximate surface area is 259 Å². The fourth-order valence-electron chi connectivity index (χ4n) is 5.27. The van der Waals surface area contributed by atoms with E-state index in [-0.39, 0.29) is 24.1 Å². The Morgan fingerprint density at radius 1 is 0.791 bits per heavy atom. The Morgan fingerprint density at radius 3 is 2.09 bits per heavy atom. The molecule has 230 valence electrons. The molecule has 1 aromatic carbocycles. The summed E-state index contributed by atoms with van der Waals surface area (Å²) in [6.45, 7) is 0.490. The largest absolute Gasteiger partial charge is 0.491 e. The summed E-state index contributed by atoms with van der Waals surface area (Å²) in [4.78, 5) is 15.7. The van der Waals surface area contributed by atoms with Crippen molar-refractivity contribution in [2.75, 3.05) is 63.3 Å². The molecule has 0 saturated carbocycles. The Hall–Kier alpha value is -3.87. The molecule has 0 bridgehead atoms. The van der Waals surface area contributed by atoms with Crippen molar-refractivity contribution in [3.63, 3.8) is 0 Å². The molecule has 0 fully saturated rings. The molecule has 0 saturated heterocycles. The Bertz CT molecular complexity index is 1590. The predicted molar refractivity (Wildman–Crippen MR) is 166 cm³/mol. The van der Waals surface area contributed by atoms with Crippen LogP contribution in [0.5, 0.6) is 35.0 Å². The van der Waals surface area contributed by atoms with Crippen molar-refractivity contribution in [2.45, 2.75) is 17.9 Å². The molecule has 4 aromatic rings. The first kappa shape index (κ1) is 32.1. The minimum Gasteiger partial charge on any atom is -0.491 e. The molecule has 0 aliphatic carbocycles. The van der Waals surface area contributed by atoms with Gasteiger partial charge in [-0.1, -0.05) is 15.9 Å². The zero-order chi connectivity index (χ0) is 31.3. The van der Waals surface area contributed by atoms with E-state index in [0.29, 0.717) is 40.6 Å². The van der Waals surface area contributed by atoms with E-state index < -0.39 is 11.5 Å². The number of hydrogen-bond donors (Lipinski definition) is 1. The first-order valence-corrected chi connectivity index (χ1v) is 14.2. The van der Waals surface area contributed by atoms with Gasteiger partial charge in [0.15, 0.2) is 11.5 Å². The molecule has 0 aliphatic rings. The average Bonchev–Trinajstić information content (AvgIpc) is 3.02. The van der Waals surface area contributed by atoms with E-state index in [1.54, 1.807) is 25.4 Å². The highest BCUT2D eigenvalue weighted by Gasteiger charge is 2.47. The number of methoxy groups -OCH3 is 6. The molecule has 12 heteroatoms. The molecule has 2 unspecified atom stereocenters. The Morgan fingerprint density at radius 2 is 1.49 bits per heavy atom. The summed E-state index contributed by atoms with van der Waals surface area (Å²) in [5.74, 6) is 0.779. The lowest BCUT2D eigenvalue weighted by atomic mass is 9.71. The van der Waals surface area contributed by atoms with Crippen LogP contribution in [0.3, 0.4) is 0 Å². The highest BCUT2D eigenvalue weighted by molar-refractivity contribution is 9.10. The number of ether oxygens (including phenoxy) is 6. The molecule has 0 aliphatic heterocycles. The van der Waals surface area contributed by atoms with Gasteiger partial charge in [0, 0.05) is 33.7 Å². The second-order valence-electron chi connectivity index (χ2n) is 10.0. The molecule has 2 atom stereocenters. The van der Waals surface area contributed by atoms with Gasteiger partial charge in [0.2, 0.25) is 11.8 Å². The van der Waals surface area contributed by atoms with Crippen LogP contribution in [0.4, 0.5) is 0 Å². The van der Waals surface area contributed by atoms with Crippen molar-refractivity contribution in [3.05, 3.63) is 63.8 Å². The topological polar surface area (TPSA) is 118 Å². The van der Waals surface area contributed by atoms with Crippen molar-refractivity contribution < 1.29 is 33.5 Å². The van der Waals surface area contributed by atoms with E-state index in [9.17, 15) is 5.11 Å². The maximum Gasteiger partial charge on any atom is 0.260 e. The SMILES string of the molecule is COc1cc(C(O)(CCN(C)C)C(c2cc3cc(Br)ccc3nc2OC)c2ccnc(OC)c2OC)c(OC)nc1OC. The van der Waals surface area contributed by atoms with Gasteiger partial charge in [0.05, 0.1) is 59.7 Å². The molecule has 0 radical (unpaired) electrons. The highest BCUT2D eigenvalue weighted by Crippen LogP contribution is 2.53. The molecular weight excluding hydrogens is 620 g/mol. The number of aromatic nitrogens is 3. The second kappa shape index (κ2) is 13.6. The summed E-state index contributed by atoms with van der Waals surface area (Å²) in [7, 11) is 13.0. The van der Waals surface area contributed by atoms with Crippen LogP contribution in [0, 0.1) is 0 Å². The van der Waals surface area contributed by atoms with Crippen LogP contribution in [0.1, 0.15) is 29.0 Å². The van der Waals surface area contributed by atoms with Crippen molar-refractivity contribution in [3.8, 4) is 35.0 Å². The number of pyridine rings is 3. The summed E-state index contributed by atoms with van der Waals surface area (Å²) < 4.78 is 35.1. The van der Waals surface area contributed by atoms with Gasteiger partial charge < -0.3 is 38.4 Å². The molecule has 0 amide bonds. The molecule has 0 spiro atoms. The van der Waals surface area contributed by atoms with Crippen LogP contribution in [0.15, 0.2) is 47.1 Å². The summed E-state index contributed by atoms with van der Waals surface area (Å²) in [6, 6.07) is 11.2. The minimum absolute atomic E-state index is 0.166. The van der Waals surface area contributed by atoms with E-state index in [0.717, 1.165) is 15.4 Å². The maximum atomic E-state index is 13.3. The summed E-state index contributed by atoms with van der Waals surface area (Å²) in [5.41, 5.74) is 0.564. The lowest BCUT2D eigenvalue weighted by Gasteiger charge is -2.39. The predicted octanol–water partition coefficient (Wildman–Crippen LogP) is 4.81. The Kier molecular flexibility index (Phi) is 10.2. The molecule has 4 rings (SSSR count). The lowest BCUT2D eigenvalue weighted by molar-refractivity contribution is 0.000307. The molecule has 3 heterocycles. The van der Waals surface area contributed by atoms with E-state index in [4.69, 9.17) is 33.4 Å². The molecule has 3 aromatic heterocycles. The van der Waals surface area contributed by atoms with Crippen molar-refractivity contribution in [2.24, 2.45) is 0 Å². The van der Waals surface area contributed by atoms with E-state index in [1.165, 1.54) is 35.5 Å². The van der Waals surface area contributed by atoms with Gasteiger partial charge in [-0.2, -0.15) is 4.98 Å². The zero-order valence-corrected chi connectivity index (χ0v) is 27.2. The highest BCUT2D eigenvalue weighted by atomic mass is 79.9. The van der Waals surface area contributed by atoms with Crippen molar-refractivity contribution in [1.29, 1.82) is 0 Å². The van der Waals surface area contributed by atoms with Crippen LogP contribution in [-0.4, -0.2) is 88.3 Å². The number of rotatable bonds is 13. The van der Waals surface area contributed by atoms with Crippen LogP contribution < -0.4 is 28.4 Å². The first-order valence-electron chi connectivity index (χ1n) is 13.4. The van der Waals surface area contributed by atoms with E-state index in [2.05, 4.69) is 25.9 Å². The van der Waals surface area contributed by atoms with Gasteiger partial charge in [0.1, 0.15) is 5.60 Å². The number of nitrogens with zero attached hydrogens (tertiary/aromatic N) is 4. The summed E-state index contributed by atoms with van der Waals surface area (Å²) >= 11 is 3.57. The van der Waals surface area contributed by atoms with Gasteiger partial charge >= 0.3 is 0 Å². The number of aliphatic hydroxyl groups is 1. The van der Waals surface area contributed by atoms with Gasteiger partial charge in [-0.15, -0.1) is 0 Å². The van der Waals surface area contributed by atoms with Gasteiger partial charge in [-0.3, -0.25) is 0 Å². The van der Waals surface area contributed by atoms with E-state index >= 15 is 0 Å². The third kappa shape index (κ3) is 6.27. The van der Waals surface area contributed by atoms with Crippen LogP contribution in [-0.2, 0) is 5.60 Å². The molecule has 1 N–H and O–H groups in total. The quantitative estimate of drug-likeness (QED) is 0.214. The van der Waals surface area contributed by atoms with Gasteiger partial charge in [0.25, 0.3) is 11.8 Å². The number of fused-ring (bicyclic) bond motifs is 1. The Balaban J connectivity index is 2.19. The second-order valence-corrected chi connectivity index (χ2v) is 10.9. The third-order valence-corrected chi connectivity index (χ3v) is 7.79. The fourth-order valence-corrected chi connectivity index (χ4v) is 5.65. The third-order valence-electron chi connectivity index (χ3n) is 7.30. The van der Waals surface area contributed by atoms with Crippen LogP contribution in [0.2, 0.25) is 0 Å².